The van der Waals surface area contributed by atoms with E-state index in [9.17, 15) is 13.5 Å². The fourth-order valence-corrected chi connectivity index (χ4v) is 3.94. The summed E-state index contributed by atoms with van der Waals surface area (Å²) in [6.07, 6.45) is 1.81. The first-order valence-corrected chi connectivity index (χ1v) is 7.57. The monoisotopic (exact) mass is 289 g/mol. The third-order valence-corrected chi connectivity index (χ3v) is 5.58. The van der Waals surface area contributed by atoms with Gasteiger partial charge < -0.3 is 5.11 Å². The maximum atomic E-state index is 12.4. The van der Waals surface area contributed by atoms with Gasteiger partial charge in [-0.05, 0) is 43.0 Å². The molecule has 1 N–H and O–H groups in total. The van der Waals surface area contributed by atoms with Gasteiger partial charge >= 0.3 is 0 Å². The quantitative estimate of drug-likeness (QED) is 0.921. The van der Waals surface area contributed by atoms with E-state index in [1.54, 1.807) is 20.0 Å². The topological polar surface area (TPSA) is 57.6 Å². The first-order valence-electron chi connectivity index (χ1n) is 5.76. The van der Waals surface area contributed by atoms with Crippen molar-refractivity contribution in [2.45, 2.75) is 37.3 Å². The Morgan fingerprint density at radius 2 is 2.06 bits per heavy atom. The first-order chi connectivity index (χ1) is 8.37. The fraction of sp³-hybridized carbons (Fsp3) is 0.500. The van der Waals surface area contributed by atoms with Crippen molar-refractivity contribution in [3.8, 4) is 0 Å². The van der Waals surface area contributed by atoms with Crippen LogP contribution in [-0.2, 0) is 16.6 Å². The van der Waals surface area contributed by atoms with Crippen molar-refractivity contribution in [2.24, 2.45) is 0 Å². The Morgan fingerprint density at radius 1 is 1.44 bits per heavy atom. The molecule has 1 aromatic rings. The van der Waals surface area contributed by atoms with Crippen LogP contribution in [0.4, 0.5) is 0 Å². The maximum absolute atomic E-state index is 12.4. The van der Waals surface area contributed by atoms with Crippen LogP contribution in [0.25, 0.3) is 0 Å². The number of hydrogen-bond donors (Lipinski definition) is 1. The smallest absolute Gasteiger partial charge is 0.243 e. The Balaban J connectivity index is 2.53. The van der Waals surface area contributed by atoms with Gasteiger partial charge in [-0.3, -0.25) is 0 Å². The molecule has 2 rings (SSSR count). The van der Waals surface area contributed by atoms with Crippen molar-refractivity contribution in [3.05, 3.63) is 28.3 Å². The predicted octanol–water partition coefficient (Wildman–Crippen LogP) is 1.92. The molecule has 100 valence electrons. The van der Waals surface area contributed by atoms with E-state index in [4.69, 9.17) is 11.6 Å². The zero-order valence-electron chi connectivity index (χ0n) is 10.4. The number of aliphatic hydroxyl groups excluding tert-OH is 1. The Bertz CT molecular complexity index is 567. The summed E-state index contributed by atoms with van der Waals surface area (Å²) in [5.41, 5.74) is 1.11. The highest BCUT2D eigenvalue weighted by atomic mass is 35.5. The standard InChI is InChI=1S/C12H16ClNO3S/c1-8-9(7-15)5-10(13)6-12(8)18(16,17)14(2)11-3-4-11/h5-6,11,15H,3-4,7H2,1-2H3. The van der Waals surface area contributed by atoms with E-state index < -0.39 is 10.0 Å². The van der Waals surface area contributed by atoms with Crippen LogP contribution in [0.1, 0.15) is 24.0 Å². The van der Waals surface area contributed by atoms with Crippen LogP contribution in [0.3, 0.4) is 0 Å². The zero-order chi connectivity index (χ0) is 13.5. The largest absolute Gasteiger partial charge is 0.392 e. The lowest BCUT2D eigenvalue weighted by molar-refractivity contribution is 0.280. The molecule has 1 aromatic carbocycles. The number of hydrogen-bond acceptors (Lipinski definition) is 3. The molecule has 0 aromatic heterocycles. The van der Waals surface area contributed by atoms with Gasteiger partial charge in [-0.25, -0.2) is 8.42 Å². The van der Waals surface area contributed by atoms with E-state index in [2.05, 4.69) is 0 Å². The van der Waals surface area contributed by atoms with Crippen LogP contribution < -0.4 is 0 Å². The van der Waals surface area contributed by atoms with Crippen LogP contribution in [-0.4, -0.2) is 30.9 Å². The lowest BCUT2D eigenvalue weighted by Crippen LogP contribution is -2.29. The van der Waals surface area contributed by atoms with Gasteiger partial charge in [0.05, 0.1) is 11.5 Å². The summed E-state index contributed by atoms with van der Waals surface area (Å²) in [5, 5.41) is 9.55. The van der Waals surface area contributed by atoms with E-state index in [1.165, 1.54) is 10.4 Å². The number of aliphatic hydroxyl groups is 1. The molecule has 0 heterocycles. The van der Waals surface area contributed by atoms with Gasteiger partial charge in [0.2, 0.25) is 10.0 Å². The lowest BCUT2D eigenvalue weighted by Gasteiger charge is -2.19. The lowest BCUT2D eigenvalue weighted by atomic mass is 10.1. The second-order valence-electron chi connectivity index (χ2n) is 4.60. The second-order valence-corrected chi connectivity index (χ2v) is 7.00. The second kappa shape index (κ2) is 4.81. The minimum Gasteiger partial charge on any atom is -0.392 e. The zero-order valence-corrected chi connectivity index (χ0v) is 11.9. The van der Waals surface area contributed by atoms with Gasteiger partial charge in [-0.15, -0.1) is 0 Å². The number of nitrogens with zero attached hydrogens (tertiary/aromatic N) is 1. The minimum atomic E-state index is -3.52. The van der Waals surface area contributed by atoms with Crippen LogP contribution in [0.5, 0.6) is 0 Å². The average Bonchev–Trinajstić information content (AvgIpc) is 3.14. The molecule has 4 nitrogen and oxygen atoms in total. The number of benzene rings is 1. The molecule has 1 aliphatic carbocycles. The normalized spacial score (nSPS) is 16.3. The van der Waals surface area contributed by atoms with Crippen molar-refractivity contribution in [2.75, 3.05) is 7.05 Å². The van der Waals surface area contributed by atoms with Gasteiger partial charge in [0, 0.05) is 18.1 Å². The summed E-state index contributed by atoms with van der Waals surface area (Å²) in [7, 11) is -1.93. The third-order valence-electron chi connectivity index (χ3n) is 3.32. The summed E-state index contributed by atoms with van der Waals surface area (Å²) >= 11 is 5.91. The number of sulfonamides is 1. The van der Waals surface area contributed by atoms with E-state index in [0.29, 0.717) is 16.1 Å². The Morgan fingerprint density at radius 3 is 2.56 bits per heavy atom. The van der Waals surface area contributed by atoms with Crippen molar-refractivity contribution in [3.63, 3.8) is 0 Å². The van der Waals surface area contributed by atoms with Gasteiger partial charge in [-0.2, -0.15) is 4.31 Å². The molecule has 0 unspecified atom stereocenters. The van der Waals surface area contributed by atoms with E-state index >= 15 is 0 Å². The molecule has 18 heavy (non-hydrogen) atoms. The van der Waals surface area contributed by atoms with Crippen molar-refractivity contribution >= 4 is 21.6 Å². The van der Waals surface area contributed by atoms with Gasteiger partial charge in [0.25, 0.3) is 0 Å². The van der Waals surface area contributed by atoms with E-state index in [-0.39, 0.29) is 17.5 Å². The molecule has 0 bridgehead atoms. The van der Waals surface area contributed by atoms with Gasteiger partial charge in [0.15, 0.2) is 0 Å². The molecule has 1 saturated carbocycles. The minimum absolute atomic E-state index is 0.103. The number of halogens is 1. The SMILES string of the molecule is Cc1c(CO)cc(Cl)cc1S(=O)(=O)N(C)C1CC1. The predicted molar refractivity (Wildman–Crippen MR) is 70.1 cm³/mol. The third kappa shape index (κ3) is 2.40. The van der Waals surface area contributed by atoms with Crippen LogP contribution >= 0.6 is 11.6 Å². The van der Waals surface area contributed by atoms with E-state index in [0.717, 1.165) is 12.8 Å². The van der Waals surface area contributed by atoms with Crippen molar-refractivity contribution in [1.82, 2.24) is 4.31 Å². The molecule has 1 aliphatic rings. The van der Waals surface area contributed by atoms with Gasteiger partial charge in [-0.1, -0.05) is 11.6 Å². The fourth-order valence-electron chi connectivity index (χ4n) is 1.93. The van der Waals surface area contributed by atoms with Gasteiger partial charge in [0.1, 0.15) is 0 Å². The molecule has 6 heteroatoms. The molecule has 0 radical (unpaired) electrons. The van der Waals surface area contributed by atoms with E-state index in [1.807, 2.05) is 0 Å². The molecule has 0 atom stereocenters. The Kier molecular flexibility index (Phi) is 3.69. The molecular weight excluding hydrogens is 274 g/mol. The molecule has 0 aliphatic heterocycles. The first kappa shape index (κ1) is 13.8. The average molecular weight is 290 g/mol. The summed E-state index contributed by atoms with van der Waals surface area (Å²) in [4.78, 5) is 0.188. The molecule has 0 saturated heterocycles. The molecule has 0 spiro atoms. The molecular formula is C12H16ClNO3S. The van der Waals surface area contributed by atoms with Crippen molar-refractivity contribution in [1.29, 1.82) is 0 Å². The van der Waals surface area contributed by atoms with Crippen LogP contribution in [0, 0.1) is 6.92 Å². The highest BCUT2D eigenvalue weighted by Gasteiger charge is 2.36. The van der Waals surface area contributed by atoms with Crippen LogP contribution in [0.15, 0.2) is 17.0 Å². The summed E-state index contributed by atoms with van der Waals surface area (Å²) in [6.45, 7) is 1.47. The number of rotatable bonds is 4. The highest BCUT2D eigenvalue weighted by Crippen LogP contribution is 2.33. The summed E-state index contributed by atoms with van der Waals surface area (Å²) in [6, 6.07) is 3.14. The maximum Gasteiger partial charge on any atom is 0.243 e. The molecule has 0 amide bonds. The highest BCUT2D eigenvalue weighted by molar-refractivity contribution is 7.89. The Labute approximate surface area is 112 Å². The summed E-state index contributed by atoms with van der Waals surface area (Å²) < 4.78 is 26.3. The van der Waals surface area contributed by atoms with Crippen LogP contribution in [0.2, 0.25) is 5.02 Å². The Hall–Kier alpha value is -0.620. The molecule has 1 fully saturated rings. The summed E-state index contributed by atoms with van der Waals surface area (Å²) in [5.74, 6) is 0. The van der Waals surface area contributed by atoms with Crippen molar-refractivity contribution < 1.29 is 13.5 Å².